The van der Waals surface area contributed by atoms with E-state index in [1.54, 1.807) is 4.90 Å². The van der Waals surface area contributed by atoms with Gasteiger partial charge in [-0.2, -0.15) is 5.10 Å². The van der Waals surface area contributed by atoms with Crippen molar-refractivity contribution in [1.29, 1.82) is 0 Å². The normalized spacial score (nSPS) is 23.0. The highest BCUT2D eigenvalue weighted by Crippen LogP contribution is 2.30. The Labute approximate surface area is 140 Å². The molecule has 1 saturated heterocycles. The molecule has 0 aliphatic carbocycles. The molecule has 1 aromatic carbocycles. The second-order valence-electron chi connectivity index (χ2n) is 6.06. The van der Waals surface area contributed by atoms with Crippen molar-refractivity contribution in [2.75, 3.05) is 19.7 Å². The van der Waals surface area contributed by atoms with Crippen LogP contribution in [0.4, 0.5) is 0 Å². The van der Waals surface area contributed by atoms with E-state index in [4.69, 9.17) is 9.47 Å². The molecule has 2 atom stereocenters. The lowest BCUT2D eigenvalue weighted by molar-refractivity contribution is -0.146. The molecular weight excluding hydrogens is 308 g/mol. The van der Waals surface area contributed by atoms with Crippen molar-refractivity contribution in [3.05, 3.63) is 41.5 Å². The van der Waals surface area contributed by atoms with Gasteiger partial charge in [-0.1, -0.05) is 25.1 Å². The maximum atomic E-state index is 12.8. The number of fused-ring (bicyclic) bond motifs is 1. The Morgan fingerprint density at radius 1 is 1.42 bits per heavy atom. The number of carbonyl (C=O) groups is 1. The molecule has 4 rings (SSSR count). The molecule has 126 valence electrons. The molecular formula is C17H20N4O3. The van der Waals surface area contributed by atoms with E-state index in [0.29, 0.717) is 31.9 Å². The molecule has 0 saturated carbocycles. The zero-order valence-corrected chi connectivity index (χ0v) is 13.6. The minimum atomic E-state index is -0.445. The number of rotatable bonds is 3. The molecule has 2 aromatic rings. The highest BCUT2D eigenvalue weighted by Gasteiger charge is 2.35. The van der Waals surface area contributed by atoms with Crippen LogP contribution in [0.15, 0.2) is 24.3 Å². The second kappa shape index (κ2) is 6.24. The first-order chi connectivity index (χ1) is 11.7. The molecule has 1 aromatic heterocycles. The van der Waals surface area contributed by atoms with Crippen molar-refractivity contribution < 1.29 is 14.3 Å². The molecule has 7 nitrogen and oxygen atoms in total. The lowest BCUT2D eigenvalue weighted by Gasteiger charge is -2.32. The molecule has 1 amide bonds. The summed E-state index contributed by atoms with van der Waals surface area (Å²) in [6, 6.07) is 7.80. The molecule has 24 heavy (non-hydrogen) atoms. The molecule has 1 fully saturated rings. The van der Waals surface area contributed by atoms with Gasteiger partial charge in [-0.05, 0) is 11.6 Å². The maximum Gasteiger partial charge on any atom is 0.264 e. The van der Waals surface area contributed by atoms with Crippen molar-refractivity contribution in [2.24, 2.45) is 0 Å². The number of amides is 1. The monoisotopic (exact) mass is 328 g/mol. The smallest absolute Gasteiger partial charge is 0.264 e. The number of nitrogens with zero attached hydrogens (tertiary/aromatic N) is 3. The van der Waals surface area contributed by atoms with Crippen LogP contribution in [0.1, 0.15) is 30.2 Å². The van der Waals surface area contributed by atoms with Gasteiger partial charge in [-0.15, -0.1) is 0 Å². The van der Waals surface area contributed by atoms with Gasteiger partial charge in [0.15, 0.2) is 11.9 Å². The Morgan fingerprint density at radius 3 is 3.08 bits per heavy atom. The summed E-state index contributed by atoms with van der Waals surface area (Å²) in [4.78, 5) is 19.0. The van der Waals surface area contributed by atoms with E-state index in [0.717, 1.165) is 23.6 Å². The molecule has 7 heteroatoms. The fourth-order valence-corrected chi connectivity index (χ4v) is 3.14. The summed E-state index contributed by atoms with van der Waals surface area (Å²) in [7, 11) is 0. The van der Waals surface area contributed by atoms with Gasteiger partial charge in [0.25, 0.3) is 5.91 Å². The number of nitrogens with one attached hydrogen (secondary N) is 1. The summed E-state index contributed by atoms with van der Waals surface area (Å²) < 4.78 is 11.6. The summed E-state index contributed by atoms with van der Waals surface area (Å²) in [6.07, 6.45) is 0.677. The van der Waals surface area contributed by atoms with E-state index >= 15 is 0 Å². The lowest BCUT2D eigenvalue weighted by Crippen LogP contribution is -2.48. The van der Waals surface area contributed by atoms with Gasteiger partial charge in [-0.3, -0.25) is 9.89 Å². The largest absolute Gasteiger partial charge is 0.480 e. The molecule has 2 aliphatic heterocycles. The first-order valence-electron chi connectivity index (χ1n) is 8.30. The van der Waals surface area contributed by atoms with Crippen molar-refractivity contribution >= 4 is 5.91 Å². The number of H-pyrrole nitrogens is 1. The molecule has 0 spiro atoms. The fraction of sp³-hybridized carbons (Fsp3) is 0.471. The third-order valence-corrected chi connectivity index (χ3v) is 4.47. The number of benzene rings is 1. The quantitative estimate of drug-likeness (QED) is 0.918. The van der Waals surface area contributed by atoms with Crippen LogP contribution in [0.25, 0.3) is 0 Å². The van der Waals surface area contributed by atoms with Gasteiger partial charge in [0.1, 0.15) is 17.7 Å². The summed E-state index contributed by atoms with van der Waals surface area (Å²) >= 11 is 0. The predicted molar refractivity (Wildman–Crippen MR) is 85.6 cm³/mol. The van der Waals surface area contributed by atoms with E-state index in [-0.39, 0.29) is 12.0 Å². The third-order valence-electron chi connectivity index (χ3n) is 4.47. The van der Waals surface area contributed by atoms with Gasteiger partial charge in [0, 0.05) is 19.4 Å². The first-order valence-corrected chi connectivity index (χ1v) is 8.30. The van der Waals surface area contributed by atoms with E-state index < -0.39 is 6.10 Å². The van der Waals surface area contributed by atoms with Crippen molar-refractivity contribution in [3.8, 4) is 5.75 Å². The van der Waals surface area contributed by atoms with E-state index in [1.165, 1.54) is 0 Å². The number of aromatic nitrogens is 3. The Kier molecular flexibility index (Phi) is 3.93. The number of hydrogen-bond acceptors (Lipinski definition) is 5. The molecule has 0 unspecified atom stereocenters. The van der Waals surface area contributed by atoms with Gasteiger partial charge < -0.3 is 14.4 Å². The minimum Gasteiger partial charge on any atom is -0.480 e. The van der Waals surface area contributed by atoms with E-state index in [2.05, 4.69) is 15.2 Å². The molecule has 1 N–H and O–H groups in total. The number of hydrogen-bond donors (Lipinski definition) is 1. The minimum absolute atomic E-state index is 0.00532. The van der Waals surface area contributed by atoms with E-state index in [1.807, 2.05) is 31.2 Å². The summed E-state index contributed by atoms with van der Waals surface area (Å²) in [5, 5.41) is 7.10. The summed E-state index contributed by atoms with van der Waals surface area (Å²) in [6.45, 7) is 3.51. The zero-order chi connectivity index (χ0) is 16.5. The van der Waals surface area contributed by atoms with Crippen LogP contribution in [-0.4, -0.2) is 51.8 Å². The van der Waals surface area contributed by atoms with Gasteiger partial charge in [0.05, 0.1) is 13.2 Å². The Bertz CT molecular complexity index is 720. The summed E-state index contributed by atoms with van der Waals surface area (Å²) in [5.41, 5.74) is 1.09. The average Bonchev–Trinajstić information content (AvgIpc) is 3.27. The van der Waals surface area contributed by atoms with Crippen LogP contribution in [0, 0.1) is 0 Å². The summed E-state index contributed by atoms with van der Waals surface area (Å²) in [5.74, 6) is 2.25. The van der Waals surface area contributed by atoms with Crippen LogP contribution < -0.4 is 4.74 Å². The van der Waals surface area contributed by atoms with E-state index in [9.17, 15) is 4.79 Å². The molecule has 0 bridgehead atoms. The predicted octanol–water partition coefficient (Wildman–Crippen LogP) is 1.27. The second-order valence-corrected chi connectivity index (χ2v) is 6.06. The van der Waals surface area contributed by atoms with Gasteiger partial charge >= 0.3 is 0 Å². The zero-order valence-electron chi connectivity index (χ0n) is 13.6. The number of aryl methyl sites for hydroxylation is 1. The Hall–Kier alpha value is -2.41. The number of carbonyl (C=O) groups excluding carboxylic acids is 1. The Morgan fingerprint density at radius 2 is 2.29 bits per heavy atom. The lowest BCUT2D eigenvalue weighted by atomic mass is 10.1. The SMILES string of the molecule is CCc1nc([C@@H]2CN(C(=O)[C@H]3Cc4ccccc4O3)CCO2)n[nH]1. The topological polar surface area (TPSA) is 80.3 Å². The maximum absolute atomic E-state index is 12.8. The standard InChI is InChI=1S/C17H20N4O3/c1-2-15-18-16(20-19-15)14-10-21(7-8-23-14)17(22)13-9-11-5-3-4-6-12(11)24-13/h3-6,13-14H,2,7-10H2,1H3,(H,18,19,20)/t13-,14+/m1/s1. The highest BCUT2D eigenvalue weighted by atomic mass is 16.5. The van der Waals surface area contributed by atoms with Crippen LogP contribution in [-0.2, 0) is 22.4 Å². The van der Waals surface area contributed by atoms with Crippen LogP contribution in [0.3, 0.4) is 0 Å². The molecule has 0 radical (unpaired) electrons. The number of ether oxygens (including phenoxy) is 2. The Balaban J connectivity index is 1.44. The molecule has 3 heterocycles. The average molecular weight is 328 g/mol. The molecule has 2 aliphatic rings. The fourth-order valence-electron chi connectivity index (χ4n) is 3.14. The van der Waals surface area contributed by atoms with Crippen molar-refractivity contribution in [3.63, 3.8) is 0 Å². The van der Waals surface area contributed by atoms with Crippen molar-refractivity contribution in [2.45, 2.75) is 32.0 Å². The van der Waals surface area contributed by atoms with Crippen molar-refractivity contribution in [1.82, 2.24) is 20.1 Å². The highest BCUT2D eigenvalue weighted by molar-refractivity contribution is 5.82. The van der Waals surface area contributed by atoms with Gasteiger partial charge in [-0.25, -0.2) is 4.98 Å². The number of para-hydroxylation sites is 1. The number of aromatic amines is 1. The van der Waals surface area contributed by atoms with Gasteiger partial charge in [0.2, 0.25) is 0 Å². The number of morpholine rings is 1. The first kappa shape index (κ1) is 15.1. The van der Waals surface area contributed by atoms with Crippen LogP contribution >= 0.6 is 0 Å². The van der Waals surface area contributed by atoms with Crippen LogP contribution in [0.5, 0.6) is 5.75 Å². The third kappa shape index (κ3) is 2.75. The van der Waals surface area contributed by atoms with Crippen LogP contribution in [0.2, 0.25) is 0 Å².